The summed E-state index contributed by atoms with van der Waals surface area (Å²) in [6.07, 6.45) is 0. The van der Waals surface area contributed by atoms with E-state index >= 15 is 0 Å². The molecule has 96 valence electrons. The third kappa shape index (κ3) is 2.74. The van der Waals surface area contributed by atoms with E-state index in [0.29, 0.717) is 5.82 Å². The molecule has 0 atom stereocenters. The Morgan fingerprint density at radius 1 is 1.22 bits per heavy atom. The van der Waals surface area contributed by atoms with Crippen molar-refractivity contribution in [3.05, 3.63) is 30.3 Å². The van der Waals surface area contributed by atoms with Crippen molar-refractivity contribution < 1.29 is 0 Å². The minimum absolute atomic E-state index is 0.553. The monoisotopic (exact) mass is 245 g/mol. The second-order valence-electron chi connectivity index (χ2n) is 4.05. The van der Waals surface area contributed by atoms with Crippen molar-refractivity contribution in [2.24, 2.45) is 0 Å². The highest BCUT2D eigenvalue weighted by Gasteiger charge is 2.02. The molecule has 0 unspecified atom stereocenters. The van der Waals surface area contributed by atoms with Gasteiger partial charge in [-0.15, -0.1) is 0 Å². The highest BCUT2D eigenvalue weighted by Crippen LogP contribution is 2.20. The van der Waals surface area contributed by atoms with Crippen LogP contribution in [0, 0.1) is 0 Å². The summed E-state index contributed by atoms with van der Waals surface area (Å²) in [5.41, 5.74) is 7.79. The van der Waals surface area contributed by atoms with E-state index in [9.17, 15) is 0 Å². The van der Waals surface area contributed by atoms with Gasteiger partial charge in [-0.2, -0.15) is 5.10 Å². The van der Waals surface area contributed by atoms with Gasteiger partial charge in [0.15, 0.2) is 5.82 Å². The van der Waals surface area contributed by atoms with Gasteiger partial charge in [-0.3, -0.25) is 5.10 Å². The molecule has 0 fully saturated rings. The SMILES string of the molecule is CCN(CC)c1ccc(Nc2cc(N)[nH]n2)cc1. The Bertz CT molecular complexity index is 484. The van der Waals surface area contributed by atoms with Crippen molar-refractivity contribution in [3.8, 4) is 0 Å². The zero-order valence-electron chi connectivity index (χ0n) is 10.8. The van der Waals surface area contributed by atoms with Gasteiger partial charge in [0.25, 0.3) is 0 Å². The molecular formula is C13H19N5. The Morgan fingerprint density at radius 3 is 2.39 bits per heavy atom. The van der Waals surface area contributed by atoms with Crippen LogP contribution in [0.5, 0.6) is 0 Å². The molecule has 0 bridgehead atoms. The minimum Gasteiger partial charge on any atom is -0.384 e. The lowest BCUT2D eigenvalue weighted by atomic mass is 10.2. The van der Waals surface area contributed by atoms with E-state index in [1.807, 2.05) is 12.1 Å². The number of rotatable bonds is 5. The van der Waals surface area contributed by atoms with Gasteiger partial charge in [0.2, 0.25) is 0 Å². The van der Waals surface area contributed by atoms with Crippen molar-refractivity contribution in [3.63, 3.8) is 0 Å². The molecule has 2 rings (SSSR count). The molecule has 0 amide bonds. The highest BCUT2D eigenvalue weighted by molar-refractivity contribution is 5.62. The van der Waals surface area contributed by atoms with E-state index < -0.39 is 0 Å². The molecule has 18 heavy (non-hydrogen) atoms. The number of nitrogens with zero attached hydrogens (tertiary/aromatic N) is 2. The van der Waals surface area contributed by atoms with Crippen LogP contribution in [-0.4, -0.2) is 23.3 Å². The first kappa shape index (κ1) is 12.3. The molecule has 0 aliphatic carbocycles. The summed E-state index contributed by atoms with van der Waals surface area (Å²) in [6, 6.07) is 10.0. The minimum atomic E-state index is 0.553. The van der Waals surface area contributed by atoms with Crippen LogP contribution in [0.15, 0.2) is 30.3 Å². The van der Waals surface area contributed by atoms with Crippen LogP contribution in [0.4, 0.5) is 23.0 Å². The molecule has 1 aromatic carbocycles. The maximum Gasteiger partial charge on any atom is 0.154 e. The molecule has 0 saturated heterocycles. The van der Waals surface area contributed by atoms with Crippen LogP contribution in [0.2, 0.25) is 0 Å². The second kappa shape index (κ2) is 5.44. The van der Waals surface area contributed by atoms with Gasteiger partial charge in [-0.1, -0.05) is 0 Å². The van der Waals surface area contributed by atoms with Gasteiger partial charge in [0.05, 0.1) is 0 Å². The summed E-state index contributed by atoms with van der Waals surface area (Å²) in [5.74, 6) is 1.28. The Morgan fingerprint density at radius 2 is 1.89 bits per heavy atom. The maximum atomic E-state index is 5.57. The topological polar surface area (TPSA) is 70.0 Å². The number of aromatic amines is 1. The molecule has 4 N–H and O–H groups in total. The van der Waals surface area contributed by atoms with Crippen molar-refractivity contribution in [1.29, 1.82) is 0 Å². The zero-order valence-corrected chi connectivity index (χ0v) is 10.8. The first-order valence-corrected chi connectivity index (χ1v) is 6.15. The number of hydrogen-bond donors (Lipinski definition) is 3. The number of nitrogens with one attached hydrogen (secondary N) is 2. The van der Waals surface area contributed by atoms with Gasteiger partial charge in [0.1, 0.15) is 5.82 Å². The summed E-state index contributed by atoms with van der Waals surface area (Å²) in [4.78, 5) is 2.30. The molecule has 0 aliphatic heterocycles. The predicted octanol–water partition coefficient (Wildman–Crippen LogP) is 2.58. The lowest BCUT2D eigenvalue weighted by Crippen LogP contribution is -2.21. The number of nitrogens with two attached hydrogens (primary N) is 1. The fraction of sp³-hybridized carbons (Fsp3) is 0.308. The molecule has 1 heterocycles. The van der Waals surface area contributed by atoms with Crippen LogP contribution < -0.4 is 16.0 Å². The Labute approximate surface area is 107 Å². The molecule has 5 heteroatoms. The van der Waals surface area contributed by atoms with Gasteiger partial charge < -0.3 is 16.0 Å². The molecule has 5 nitrogen and oxygen atoms in total. The largest absolute Gasteiger partial charge is 0.384 e. The summed E-state index contributed by atoms with van der Waals surface area (Å²) in [6.45, 7) is 6.34. The molecule has 0 spiro atoms. The van der Waals surface area contributed by atoms with Crippen LogP contribution in [0.1, 0.15) is 13.8 Å². The first-order chi connectivity index (χ1) is 8.72. The average molecular weight is 245 g/mol. The summed E-state index contributed by atoms with van der Waals surface area (Å²) in [5, 5.41) is 9.91. The van der Waals surface area contributed by atoms with E-state index in [2.05, 4.69) is 46.4 Å². The first-order valence-electron chi connectivity index (χ1n) is 6.15. The van der Waals surface area contributed by atoms with Crippen molar-refractivity contribution in [2.75, 3.05) is 29.0 Å². The molecule has 0 radical (unpaired) electrons. The normalized spacial score (nSPS) is 10.3. The van der Waals surface area contributed by atoms with E-state index in [1.165, 1.54) is 5.69 Å². The predicted molar refractivity (Wildman–Crippen MR) is 76.3 cm³/mol. The number of nitrogen functional groups attached to an aromatic ring is 1. The fourth-order valence-electron chi connectivity index (χ4n) is 1.89. The van der Waals surface area contributed by atoms with Gasteiger partial charge in [0, 0.05) is 30.5 Å². The maximum absolute atomic E-state index is 5.57. The standard InChI is InChI=1S/C13H19N5/c1-3-18(4-2)11-7-5-10(6-8-11)15-13-9-12(14)16-17-13/h5-9H,3-4H2,1-2H3,(H4,14,15,16,17). The zero-order chi connectivity index (χ0) is 13.0. The Hall–Kier alpha value is -2.17. The number of aromatic nitrogens is 2. The van der Waals surface area contributed by atoms with E-state index in [4.69, 9.17) is 5.73 Å². The van der Waals surface area contributed by atoms with Crippen LogP contribution >= 0.6 is 0 Å². The molecule has 2 aromatic rings. The molecular weight excluding hydrogens is 226 g/mol. The third-order valence-electron chi connectivity index (χ3n) is 2.87. The second-order valence-corrected chi connectivity index (χ2v) is 4.05. The molecule has 0 aliphatic rings. The lowest BCUT2D eigenvalue weighted by molar-refractivity contribution is 0.866. The number of benzene rings is 1. The summed E-state index contributed by atoms with van der Waals surface area (Å²) >= 11 is 0. The Kier molecular flexibility index (Phi) is 3.72. The van der Waals surface area contributed by atoms with Crippen LogP contribution in [0.3, 0.4) is 0 Å². The average Bonchev–Trinajstić information content (AvgIpc) is 2.78. The van der Waals surface area contributed by atoms with Gasteiger partial charge in [-0.25, -0.2) is 0 Å². The van der Waals surface area contributed by atoms with Crippen LogP contribution in [0.25, 0.3) is 0 Å². The smallest absolute Gasteiger partial charge is 0.154 e. The number of H-pyrrole nitrogens is 1. The van der Waals surface area contributed by atoms with Gasteiger partial charge in [-0.05, 0) is 38.1 Å². The summed E-state index contributed by atoms with van der Waals surface area (Å²) < 4.78 is 0. The van der Waals surface area contributed by atoms with E-state index in [0.717, 1.165) is 24.6 Å². The third-order valence-corrected chi connectivity index (χ3v) is 2.87. The molecule has 1 aromatic heterocycles. The van der Waals surface area contributed by atoms with E-state index in [1.54, 1.807) is 6.07 Å². The van der Waals surface area contributed by atoms with Crippen molar-refractivity contribution in [1.82, 2.24) is 10.2 Å². The lowest BCUT2D eigenvalue weighted by Gasteiger charge is -2.21. The number of hydrogen-bond acceptors (Lipinski definition) is 4. The van der Waals surface area contributed by atoms with Crippen LogP contribution in [-0.2, 0) is 0 Å². The molecule has 0 saturated carbocycles. The Balaban J connectivity index is 2.07. The van der Waals surface area contributed by atoms with E-state index in [-0.39, 0.29) is 0 Å². The number of anilines is 4. The van der Waals surface area contributed by atoms with Crippen molar-refractivity contribution in [2.45, 2.75) is 13.8 Å². The van der Waals surface area contributed by atoms with Gasteiger partial charge >= 0.3 is 0 Å². The van der Waals surface area contributed by atoms with Crippen molar-refractivity contribution >= 4 is 23.0 Å². The quantitative estimate of drug-likeness (QED) is 0.757. The highest BCUT2D eigenvalue weighted by atomic mass is 15.2. The fourth-order valence-corrected chi connectivity index (χ4v) is 1.89. The summed E-state index contributed by atoms with van der Waals surface area (Å²) in [7, 11) is 0.